The highest BCUT2D eigenvalue weighted by Crippen LogP contribution is 2.23. The highest BCUT2D eigenvalue weighted by molar-refractivity contribution is 7.15. The summed E-state index contributed by atoms with van der Waals surface area (Å²) in [5, 5.41) is 3.88. The van der Waals surface area contributed by atoms with Gasteiger partial charge in [-0.3, -0.25) is 14.6 Å². The van der Waals surface area contributed by atoms with Gasteiger partial charge in [-0.1, -0.05) is 18.2 Å². The van der Waals surface area contributed by atoms with Crippen molar-refractivity contribution in [3.8, 4) is 5.75 Å². The minimum atomic E-state index is -0.159. The Morgan fingerprint density at radius 3 is 2.96 bits per heavy atom. The lowest BCUT2D eigenvalue weighted by atomic mass is 10.2. The van der Waals surface area contributed by atoms with Crippen molar-refractivity contribution in [1.82, 2.24) is 10.3 Å². The van der Waals surface area contributed by atoms with Gasteiger partial charge in [0.05, 0.1) is 16.4 Å². The molecule has 6 heteroatoms. The summed E-state index contributed by atoms with van der Waals surface area (Å²) >= 11 is 1.21. The quantitative estimate of drug-likeness (QED) is 0.520. The normalized spacial score (nSPS) is 10.6. The van der Waals surface area contributed by atoms with Crippen molar-refractivity contribution in [2.45, 2.75) is 13.3 Å². The Hall–Kier alpha value is -2.73. The summed E-state index contributed by atoms with van der Waals surface area (Å²) < 4.78 is 5.79. The average Bonchev–Trinajstić information content (AvgIpc) is 3.02. The summed E-state index contributed by atoms with van der Waals surface area (Å²) in [7, 11) is 0. The van der Waals surface area contributed by atoms with E-state index in [1.54, 1.807) is 12.3 Å². The molecule has 1 amide bonds. The van der Waals surface area contributed by atoms with Gasteiger partial charge in [0, 0.05) is 18.1 Å². The zero-order valence-electron chi connectivity index (χ0n) is 13.8. The molecule has 5 nitrogen and oxygen atoms in total. The molecule has 0 fully saturated rings. The van der Waals surface area contributed by atoms with Crippen LogP contribution >= 0.6 is 11.3 Å². The molecular formula is C19H18N2O3S. The van der Waals surface area contributed by atoms with Gasteiger partial charge in [-0.25, -0.2) is 0 Å². The second-order valence-corrected chi connectivity index (χ2v) is 6.65. The van der Waals surface area contributed by atoms with Crippen molar-refractivity contribution < 1.29 is 14.3 Å². The van der Waals surface area contributed by atoms with Crippen molar-refractivity contribution >= 4 is 34.4 Å². The molecule has 3 aromatic rings. The molecule has 0 aliphatic rings. The fourth-order valence-electron chi connectivity index (χ4n) is 2.46. The van der Waals surface area contributed by atoms with E-state index in [9.17, 15) is 9.59 Å². The van der Waals surface area contributed by atoms with E-state index in [2.05, 4.69) is 10.3 Å². The number of para-hydroxylation sites is 1. The molecule has 0 unspecified atom stereocenters. The minimum absolute atomic E-state index is 0.159. The Labute approximate surface area is 149 Å². The monoisotopic (exact) mass is 354 g/mol. The number of ether oxygens (including phenoxy) is 1. The molecule has 0 atom stereocenters. The first-order chi connectivity index (χ1) is 12.2. The molecule has 0 spiro atoms. The van der Waals surface area contributed by atoms with Gasteiger partial charge in [-0.2, -0.15) is 0 Å². The molecule has 1 aromatic carbocycles. The highest BCUT2D eigenvalue weighted by atomic mass is 32.1. The van der Waals surface area contributed by atoms with Crippen LogP contribution in [0.1, 0.15) is 31.3 Å². The third-order valence-corrected chi connectivity index (χ3v) is 4.91. The first-order valence-electron chi connectivity index (χ1n) is 7.99. The Bertz CT molecular complexity index is 899. The lowest BCUT2D eigenvalue weighted by molar-refractivity contribution is 0.0955. The predicted octanol–water partition coefficient (Wildman–Crippen LogP) is 3.62. The highest BCUT2D eigenvalue weighted by Gasteiger charge is 2.11. The molecule has 3 rings (SSSR count). The van der Waals surface area contributed by atoms with Gasteiger partial charge in [0.2, 0.25) is 0 Å². The maximum absolute atomic E-state index is 12.1. The number of thiophene rings is 1. The predicted molar refractivity (Wildman–Crippen MR) is 98.6 cm³/mol. The van der Waals surface area contributed by atoms with E-state index < -0.39 is 0 Å². The molecule has 0 bridgehead atoms. The molecular weight excluding hydrogens is 336 g/mol. The molecule has 25 heavy (non-hydrogen) atoms. The van der Waals surface area contributed by atoms with E-state index in [4.69, 9.17) is 4.74 Å². The van der Waals surface area contributed by atoms with Crippen LogP contribution in [-0.4, -0.2) is 30.3 Å². The fourth-order valence-corrected chi connectivity index (χ4v) is 3.37. The maximum Gasteiger partial charge on any atom is 0.261 e. The van der Waals surface area contributed by atoms with Crippen LogP contribution in [0.15, 0.2) is 42.6 Å². The Kier molecular flexibility index (Phi) is 5.40. The van der Waals surface area contributed by atoms with E-state index in [1.165, 1.54) is 11.3 Å². The van der Waals surface area contributed by atoms with Crippen LogP contribution in [0.5, 0.6) is 5.75 Å². The largest absolute Gasteiger partial charge is 0.491 e. The van der Waals surface area contributed by atoms with E-state index in [0.717, 1.165) is 28.5 Å². The molecule has 0 aliphatic carbocycles. The summed E-state index contributed by atoms with van der Waals surface area (Å²) in [5.74, 6) is 0.585. The van der Waals surface area contributed by atoms with Crippen molar-refractivity contribution in [3.63, 3.8) is 0 Å². The Balaban J connectivity index is 1.48. The number of carbonyl (C=O) groups is 2. The number of aldehydes is 1. The molecule has 2 heterocycles. The lowest BCUT2D eigenvalue weighted by Crippen LogP contribution is -2.24. The fraction of sp³-hybridized carbons (Fsp3) is 0.211. The summed E-state index contributed by atoms with van der Waals surface area (Å²) in [6.07, 6.45) is 3.20. The number of rotatable bonds is 7. The van der Waals surface area contributed by atoms with Gasteiger partial charge in [-0.15, -0.1) is 11.3 Å². The van der Waals surface area contributed by atoms with Crippen LogP contribution in [-0.2, 0) is 0 Å². The topological polar surface area (TPSA) is 68.3 Å². The zero-order chi connectivity index (χ0) is 17.6. The van der Waals surface area contributed by atoms with Crippen LogP contribution in [0, 0.1) is 6.92 Å². The van der Waals surface area contributed by atoms with E-state index >= 15 is 0 Å². The van der Waals surface area contributed by atoms with Crippen LogP contribution in [0.25, 0.3) is 10.9 Å². The van der Waals surface area contributed by atoms with Crippen LogP contribution in [0.3, 0.4) is 0 Å². The number of benzene rings is 1. The minimum Gasteiger partial charge on any atom is -0.491 e. The van der Waals surface area contributed by atoms with E-state index in [1.807, 2.05) is 37.3 Å². The summed E-state index contributed by atoms with van der Waals surface area (Å²) in [6, 6.07) is 11.4. The van der Waals surface area contributed by atoms with Crippen molar-refractivity contribution in [3.05, 3.63) is 57.9 Å². The SMILES string of the molecule is Cc1cc(C(=O)NCCCOc2cccc3cccnc23)sc1C=O. The maximum atomic E-state index is 12.1. The second kappa shape index (κ2) is 7.90. The second-order valence-electron chi connectivity index (χ2n) is 5.56. The van der Waals surface area contributed by atoms with Gasteiger partial charge in [0.15, 0.2) is 6.29 Å². The summed E-state index contributed by atoms with van der Waals surface area (Å²) in [4.78, 5) is 28.4. The van der Waals surface area contributed by atoms with Gasteiger partial charge in [0.25, 0.3) is 5.91 Å². The summed E-state index contributed by atoms with van der Waals surface area (Å²) in [6.45, 7) is 2.81. The van der Waals surface area contributed by atoms with Gasteiger partial charge in [0.1, 0.15) is 11.3 Å². The molecule has 0 saturated carbocycles. The number of fused-ring (bicyclic) bond motifs is 1. The number of aryl methyl sites for hydroxylation is 1. The first-order valence-corrected chi connectivity index (χ1v) is 8.81. The van der Waals surface area contributed by atoms with Gasteiger partial charge in [-0.05, 0) is 37.1 Å². The number of hydrogen-bond acceptors (Lipinski definition) is 5. The third kappa shape index (κ3) is 4.03. The van der Waals surface area contributed by atoms with Gasteiger partial charge >= 0.3 is 0 Å². The van der Waals surface area contributed by atoms with Gasteiger partial charge < -0.3 is 10.1 Å². The molecule has 0 radical (unpaired) electrons. The van der Waals surface area contributed by atoms with Crippen LogP contribution in [0.4, 0.5) is 0 Å². The number of aromatic nitrogens is 1. The Morgan fingerprint density at radius 1 is 1.32 bits per heavy atom. The third-order valence-electron chi connectivity index (χ3n) is 3.75. The number of nitrogens with one attached hydrogen (secondary N) is 1. The van der Waals surface area contributed by atoms with Crippen molar-refractivity contribution in [1.29, 1.82) is 0 Å². The van der Waals surface area contributed by atoms with Crippen LogP contribution in [0.2, 0.25) is 0 Å². The smallest absolute Gasteiger partial charge is 0.261 e. The van der Waals surface area contributed by atoms with Crippen molar-refractivity contribution in [2.75, 3.05) is 13.2 Å². The molecule has 0 aliphatic heterocycles. The standard InChI is InChI=1S/C19H18N2O3S/c1-13-11-16(25-17(13)12-22)19(23)21-9-4-10-24-15-7-2-5-14-6-3-8-20-18(14)15/h2-3,5-8,11-12H,4,9-10H2,1H3,(H,21,23). The number of nitrogens with zero attached hydrogens (tertiary/aromatic N) is 1. The first kappa shape index (κ1) is 17.1. The number of amides is 1. The number of hydrogen-bond donors (Lipinski definition) is 1. The zero-order valence-corrected chi connectivity index (χ0v) is 14.6. The van der Waals surface area contributed by atoms with E-state index in [0.29, 0.717) is 29.3 Å². The lowest BCUT2D eigenvalue weighted by Gasteiger charge is -2.09. The average molecular weight is 354 g/mol. The molecule has 128 valence electrons. The number of pyridine rings is 1. The number of carbonyl (C=O) groups excluding carboxylic acids is 2. The molecule has 2 aromatic heterocycles. The van der Waals surface area contributed by atoms with E-state index in [-0.39, 0.29) is 5.91 Å². The summed E-state index contributed by atoms with van der Waals surface area (Å²) in [5.41, 5.74) is 1.67. The van der Waals surface area contributed by atoms with Crippen LogP contribution < -0.4 is 10.1 Å². The molecule has 0 saturated heterocycles. The Morgan fingerprint density at radius 2 is 2.16 bits per heavy atom. The molecule has 1 N–H and O–H groups in total. The van der Waals surface area contributed by atoms with Crippen molar-refractivity contribution in [2.24, 2.45) is 0 Å².